The summed E-state index contributed by atoms with van der Waals surface area (Å²) in [6, 6.07) is 12.7. The van der Waals surface area contributed by atoms with Gasteiger partial charge in [0.2, 0.25) is 5.91 Å². The van der Waals surface area contributed by atoms with Gasteiger partial charge in [-0.15, -0.1) is 0 Å². The van der Waals surface area contributed by atoms with Crippen molar-refractivity contribution >= 4 is 11.8 Å². The molecule has 6 nitrogen and oxygen atoms in total. The van der Waals surface area contributed by atoms with E-state index in [1.54, 1.807) is 18.9 Å². The monoisotopic (exact) mass is 426 g/mol. The van der Waals surface area contributed by atoms with E-state index >= 15 is 0 Å². The largest absolute Gasteiger partial charge is 0.497 e. The number of nitrogens with one attached hydrogen (secondary N) is 1. The van der Waals surface area contributed by atoms with Crippen LogP contribution in [-0.2, 0) is 16.1 Å². The van der Waals surface area contributed by atoms with E-state index in [1.807, 2.05) is 70.2 Å². The van der Waals surface area contributed by atoms with Crippen LogP contribution in [0, 0.1) is 19.8 Å². The summed E-state index contributed by atoms with van der Waals surface area (Å²) >= 11 is 0. The Hall–Kier alpha value is -3.02. The Kier molecular flexibility index (Phi) is 8.91. The number of amides is 2. The highest BCUT2D eigenvalue weighted by Gasteiger charge is 2.26. The van der Waals surface area contributed by atoms with E-state index in [4.69, 9.17) is 9.47 Å². The van der Waals surface area contributed by atoms with Gasteiger partial charge in [0.1, 0.15) is 17.5 Å². The highest BCUT2D eigenvalue weighted by atomic mass is 16.5. The Labute approximate surface area is 185 Å². The highest BCUT2D eigenvalue weighted by molar-refractivity contribution is 5.88. The highest BCUT2D eigenvalue weighted by Crippen LogP contribution is 2.20. The standard InChI is InChI=1S/C25H34N2O4/c1-17(2)14-26-25(29)20(5)27(15-21-9-11-22(30-6)12-10-21)24(28)16-31-23-13-18(3)7-8-19(23)4/h7-13,17,20H,14-16H2,1-6H3,(H,26,29)/t20-/m1/s1. The van der Waals surface area contributed by atoms with Gasteiger partial charge in [-0.05, 0) is 61.6 Å². The minimum absolute atomic E-state index is 0.137. The lowest BCUT2D eigenvalue weighted by molar-refractivity contribution is -0.142. The predicted octanol–water partition coefficient (Wildman–Crippen LogP) is 3.88. The fourth-order valence-electron chi connectivity index (χ4n) is 3.05. The average Bonchev–Trinajstić information content (AvgIpc) is 2.76. The van der Waals surface area contributed by atoms with Gasteiger partial charge < -0.3 is 19.7 Å². The summed E-state index contributed by atoms with van der Waals surface area (Å²) in [7, 11) is 1.61. The molecule has 0 bridgehead atoms. The first-order chi connectivity index (χ1) is 14.7. The van der Waals surface area contributed by atoms with Crippen molar-refractivity contribution in [2.75, 3.05) is 20.3 Å². The Morgan fingerprint density at radius 3 is 2.32 bits per heavy atom. The van der Waals surface area contributed by atoms with Crippen molar-refractivity contribution in [1.82, 2.24) is 10.2 Å². The van der Waals surface area contributed by atoms with Gasteiger partial charge in [0.05, 0.1) is 7.11 Å². The number of carbonyl (C=O) groups excluding carboxylic acids is 2. The molecule has 0 unspecified atom stereocenters. The zero-order valence-electron chi connectivity index (χ0n) is 19.4. The minimum atomic E-state index is -0.629. The molecular weight excluding hydrogens is 392 g/mol. The Balaban J connectivity index is 2.16. The topological polar surface area (TPSA) is 67.9 Å². The number of hydrogen-bond donors (Lipinski definition) is 1. The van der Waals surface area contributed by atoms with E-state index in [1.165, 1.54) is 0 Å². The Morgan fingerprint density at radius 1 is 1.03 bits per heavy atom. The summed E-state index contributed by atoms with van der Waals surface area (Å²) in [5, 5.41) is 2.92. The van der Waals surface area contributed by atoms with Crippen molar-refractivity contribution in [1.29, 1.82) is 0 Å². The molecular formula is C25H34N2O4. The van der Waals surface area contributed by atoms with Crippen molar-refractivity contribution in [2.24, 2.45) is 5.92 Å². The van der Waals surface area contributed by atoms with E-state index < -0.39 is 6.04 Å². The van der Waals surface area contributed by atoms with Crippen LogP contribution < -0.4 is 14.8 Å². The molecule has 0 aliphatic carbocycles. The van der Waals surface area contributed by atoms with Crippen LogP contribution in [0.1, 0.15) is 37.5 Å². The number of methoxy groups -OCH3 is 1. The Morgan fingerprint density at radius 2 is 1.71 bits per heavy atom. The molecule has 0 aromatic heterocycles. The normalized spacial score (nSPS) is 11.7. The van der Waals surface area contributed by atoms with Gasteiger partial charge in [-0.1, -0.05) is 38.1 Å². The zero-order valence-corrected chi connectivity index (χ0v) is 19.4. The summed E-state index contributed by atoms with van der Waals surface area (Å²) in [4.78, 5) is 27.4. The van der Waals surface area contributed by atoms with E-state index in [9.17, 15) is 9.59 Å². The molecule has 2 rings (SSSR count). The van der Waals surface area contributed by atoms with E-state index in [-0.39, 0.29) is 18.4 Å². The summed E-state index contributed by atoms with van der Waals surface area (Å²) in [5.41, 5.74) is 2.93. The van der Waals surface area contributed by atoms with Gasteiger partial charge in [0.25, 0.3) is 5.91 Å². The van der Waals surface area contributed by atoms with Crippen molar-refractivity contribution in [3.63, 3.8) is 0 Å². The summed E-state index contributed by atoms with van der Waals surface area (Å²) in [6.07, 6.45) is 0. The van der Waals surface area contributed by atoms with Crippen LogP contribution in [0.4, 0.5) is 0 Å². The van der Waals surface area contributed by atoms with Crippen molar-refractivity contribution in [2.45, 2.75) is 47.2 Å². The number of carbonyl (C=O) groups is 2. The van der Waals surface area contributed by atoms with Crippen molar-refractivity contribution in [3.05, 3.63) is 59.2 Å². The quantitative estimate of drug-likeness (QED) is 0.626. The van der Waals surface area contributed by atoms with Crippen LogP contribution in [0.25, 0.3) is 0 Å². The van der Waals surface area contributed by atoms with Crippen LogP contribution in [0.15, 0.2) is 42.5 Å². The molecule has 0 aliphatic rings. The molecule has 0 saturated carbocycles. The first-order valence-electron chi connectivity index (χ1n) is 10.6. The van der Waals surface area contributed by atoms with Gasteiger partial charge in [0.15, 0.2) is 6.61 Å². The third-order valence-corrected chi connectivity index (χ3v) is 5.06. The third-order valence-electron chi connectivity index (χ3n) is 5.06. The van der Waals surface area contributed by atoms with Gasteiger partial charge >= 0.3 is 0 Å². The van der Waals surface area contributed by atoms with E-state index in [0.717, 1.165) is 22.4 Å². The molecule has 1 atom stereocenters. The molecule has 2 aromatic carbocycles. The fourth-order valence-corrected chi connectivity index (χ4v) is 3.05. The maximum atomic E-state index is 13.1. The second kappa shape index (κ2) is 11.4. The molecule has 0 spiro atoms. The number of hydrogen-bond acceptors (Lipinski definition) is 4. The lowest BCUT2D eigenvalue weighted by Crippen LogP contribution is -2.49. The average molecular weight is 427 g/mol. The first kappa shape index (κ1) is 24.3. The summed E-state index contributed by atoms with van der Waals surface area (Å²) in [6.45, 7) is 10.5. The first-order valence-corrected chi connectivity index (χ1v) is 10.6. The SMILES string of the molecule is COc1ccc(CN(C(=O)COc2cc(C)ccc2C)[C@H](C)C(=O)NCC(C)C)cc1. The van der Waals surface area contributed by atoms with Gasteiger partial charge in [0, 0.05) is 13.1 Å². The molecule has 1 N–H and O–H groups in total. The molecule has 2 amide bonds. The van der Waals surface area contributed by atoms with Crippen molar-refractivity contribution < 1.29 is 19.1 Å². The van der Waals surface area contributed by atoms with Crippen molar-refractivity contribution in [3.8, 4) is 11.5 Å². The second-order valence-corrected chi connectivity index (χ2v) is 8.24. The lowest BCUT2D eigenvalue weighted by Gasteiger charge is -2.29. The van der Waals surface area contributed by atoms with Crippen LogP contribution in [0.2, 0.25) is 0 Å². The molecule has 31 heavy (non-hydrogen) atoms. The zero-order chi connectivity index (χ0) is 23.0. The van der Waals surface area contributed by atoms with Crippen LogP contribution in [0.5, 0.6) is 11.5 Å². The molecule has 6 heteroatoms. The molecule has 0 radical (unpaired) electrons. The molecule has 2 aromatic rings. The minimum Gasteiger partial charge on any atom is -0.497 e. The number of aryl methyl sites for hydroxylation is 2. The second-order valence-electron chi connectivity index (χ2n) is 8.24. The van der Waals surface area contributed by atoms with Crippen LogP contribution in [-0.4, -0.2) is 43.0 Å². The number of ether oxygens (including phenoxy) is 2. The molecule has 0 saturated heterocycles. The molecule has 0 aliphatic heterocycles. The lowest BCUT2D eigenvalue weighted by atomic mass is 10.1. The van der Waals surface area contributed by atoms with E-state index in [2.05, 4.69) is 5.32 Å². The van der Waals surface area contributed by atoms with E-state index in [0.29, 0.717) is 24.8 Å². The molecule has 168 valence electrons. The smallest absolute Gasteiger partial charge is 0.261 e. The Bertz CT molecular complexity index is 878. The summed E-state index contributed by atoms with van der Waals surface area (Å²) in [5.74, 6) is 1.32. The maximum Gasteiger partial charge on any atom is 0.261 e. The third kappa shape index (κ3) is 7.31. The van der Waals surface area contributed by atoms with Gasteiger partial charge in [-0.25, -0.2) is 0 Å². The number of rotatable bonds is 10. The van der Waals surface area contributed by atoms with Gasteiger partial charge in [-0.2, -0.15) is 0 Å². The molecule has 0 heterocycles. The number of nitrogens with zero attached hydrogens (tertiary/aromatic N) is 1. The van der Waals surface area contributed by atoms with Crippen LogP contribution >= 0.6 is 0 Å². The van der Waals surface area contributed by atoms with Crippen LogP contribution in [0.3, 0.4) is 0 Å². The van der Waals surface area contributed by atoms with Gasteiger partial charge in [-0.3, -0.25) is 9.59 Å². The predicted molar refractivity (Wildman–Crippen MR) is 122 cm³/mol. The number of benzene rings is 2. The maximum absolute atomic E-state index is 13.1. The molecule has 0 fully saturated rings. The fraction of sp³-hybridized carbons (Fsp3) is 0.440. The summed E-state index contributed by atoms with van der Waals surface area (Å²) < 4.78 is 11.0.